The van der Waals surface area contributed by atoms with Gasteiger partial charge in [-0.3, -0.25) is 4.90 Å². The minimum absolute atomic E-state index is 0.718. The molecule has 2 aliphatic rings. The molecule has 0 radical (unpaired) electrons. The zero-order valence-corrected chi connectivity index (χ0v) is 15.9. The summed E-state index contributed by atoms with van der Waals surface area (Å²) in [7, 11) is 6.81. The molecule has 0 aromatic carbocycles. The van der Waals surface area contributed by atoms with Crippen LogP contribution in [0.25, 0.3) is 0 Å². The van der Waals surface area contributed by atoms with E-state index < -0.39 is 0 Å². The van der Waals surface area contributed by atoms with E-state index >= 15 is 0 Å². The van der Waals surface area contributed by atoms with Gasteiger partial charge < -0.3 is 9.80 Å². The summed E-state index contributed by atoms with van der Waals surface area (Å²) < 4.78 is 0. The van der Waals surface area contributed by atoms with Crippen LogP contribution in [0.2, 0.25) is 0 Å². The lowest BCUT2D eigenvalue weighted by Gasteiger charge is -2.46. The Balaban J connectivity index is 1.63. The molecule has 1 aliphatic heterocycles. The van der Waals surface area contributed by atoms with Crippen LogP contribution in [-0.4, -0.2) is 73.6 Å². The van der Waals surface area contributed by atoms with Crippen molar-refractivity contribution in [2.45, 2.75) is 71.0 Å². The molecule has 0 N–H and O–H groups in total. The monoisotopic (exact) mass is 309 g/mol. The molecule has 130 valence electrons. The third kappa shape index (κ3) is 4.69. The Morgan fingerprint density at radius 3 is 2.00 bits per heavy atom. The second kappa shape index (κ2) is 8.12. The van der Waals surface area contributed by atoms with Crippen molar-refractivity contribution in [3.63, 3.8) is 0 Å². The fourth-order valence-corrected chi connectivity index (χ4v) is 4.20. The van der Waals surface area contributed by atoms with Crippen LogP contribution >= 0.6 is 0 Å². The van der Waals surface area contributed by atoms with Crippen LogP contribution in [0.15, 0.2) is 0 Å². The lowest BCUT2D eigenvalue weighted by molar-refractivity contribution is 0.0230. The Morgan fingerprint density at radius 2 is 1.50 bits per heavy atom. The van der Waals surface area contributed by atoms with Crippen molar-refractivity contribution < 1.29 is 0 Å². The Hall–Kier alpha value is -0.120. The average Bonchev–Trinajstić information content (AvgIpc) is 2.42. The number of likely N-dealkylation sites (N-methyl/N-ethyl adjacent to an activating group) is 1. The van der Waals surface area contributed by atoms with Crippen LogP contribution in [0.3, 0.4) is 0 Å². The van der Waals surface area contributed by atoms with Gasteiger partial charge in [0, 0.05) is 31.2 Å². The van der Waals surface area contributed by atoms with Gasteiger partial charge in [0.25, 0.3) is 0 Å². The third-order valence-corrected chi connectivity index (χ3v) is 6.46. The summed E-state index contributed by atoms with van der Waals surface area (Å²) in [6, 6.07) is 2.36. The zero-order valence-electron chi connectivity index (χ0n) is 15.9. The molecule has 1 unspecified atom stereocenters. The molecule has 1 saturated carbocycles. The predicted molar refractivity (Wildman–Crippen MR) is 96.3 cm³/mol. The molecule has 3 heteroatoms. The molecule has 0 bridgehead atoms. The van der Waals surface area contributed by atoms with E-state index in [1.807, 2.05) is 0 Å². The molecule has 1 heterocycles. The topological polar surface area (TPSA) is 9.72 Å². The first-order valence-corrected chi connectivity index (χ1v) is 9.49. The zero-order chi connectivity index (χ0) is 16.3. The Kier molecular flexibility index (Phi) is 6.73. The molecule has 2 rings (SSSR count). The van der Waals surface area contributed by atoms with Gasteiger partial charge in [-0.1, -0.05) is 6.92 Å². The standard InChI is InChI=1S/C19H39N3/c1-15(2)22-13-19(14-22)21(6)12-11-16(3)17-7-9-18(10-8-17)20(4)5/h15-19H,7-14H2,1-6H3. The molecular formula is C19H39N3. The van der Waals surface area contributed by atoms with Crippen LogP contribution < -0.4 is 0 Å². The van der Waals surface area contributed by atoms with Gasteiger partial charge in [0.1, 0.15) is 0 Å². The summed E-state index contributed by atoms with van der Waals surface area (Å²) in [6.07, 6.45) is 7.08. The number of nitrogens with zero attached hydrogens (tertiary/aromatic N) is 3. The second-order valence-corrected chi connectivity index (χ2v) is 8.48. The van der Waals surface area contributed by atoms with Crippen molar-refractivity contribution in [1.29, 1.82) is 0 Å². The minimum Gasteiger partial charge on any atom is -0.306 e. The van der Waals surface area contributed by atoms with Crippen LogP contribution in [-0.2, 0) is 0 Å². The molecule has 0 amide bonds. The number of rotatable bonds is 7. The van der Waals surface area contributed by atoms with Crippen LogP contribution in [0, 0.1) is 11.8 Å². The third-order valence-electron chi connectivity index (χ3n) is 6.46. The fourth-order valence-electron chi connectivity index (χ4n) is 4.20. The number of likely N-dealkylation sites (tertiary alicyclic amines) is 1. The molecule has 1 saturated heterocycles. The van der Waals surface area contributed by atoms with Gasteiger partial charge in [-0.15, -0.1) is 0 Å². The molecule has 1 aliphatic carbocycles. The van der Waals surface area contributed by atoms with E-state index in [2.05, 4.69) is 56.6 Å². The average molecular weight is 310 g/mol. The number of hydrogen-bond donors (Lipinski definition) is 0. The minimum atomic E-state index is 0.718. The van der Waals surface area contributed by atoms with Gasteiger partial charge in [0.15, 0.2) is 0 Å². The summed E-state index contributed by atoms with van der Waals surface area (Å²) in [6.45, 7) is 10.9. The summed E-state index contributed by atoms with van der Waals surface area (Å²) >= 11 is 0. The first-order valence-electron chi connectivity index (χ1n) is 9.49. The molecule has 1 atom stereocenters. The smallest absolute Gasteiger partial charge is 0.0347 e. The van der Waals surface area contributed by atoms with Crippen molar-refractivity contribution in [2.24, 2.45) is 11.8 Å². The van der Waals surface area contributed by atoms with Crippen LogP contribution in [0.1, 0.15) is 52.9 Å². The first-order chi connectivity index (χ1) is 10.4. The van der Waals surface area contributed by atoms with Crippen molar-refractivity contribution in [2.75, 3.05) is 40.8 Å². The maximum absolute atomic E-state index is 2.61. The van der Waals surface area contributed by atoms with Crippen molar-refractivity contribution >= 4 is 0 Å². The van der Waals surface area contributed by atoms with E-state index in [-0.39, 0.29) is 0 Å². The molecule has 22 heavy (non-hydrogen) atoms. The van der Waals surface area contributed by atoms with Gasteiger partial charge in [-0.05, 0) is 85.5 Å². The fraction of sp³-hybridized carbons (Fsp3) is 1.00. The van der Waals surface area contributed by atoms with E-state index in [1.54, 1.807) is 0 Å². The van der Waals surface area contributed by atoms with Crippen LogP contribution in [0.4, 0.5) is 0 Å². The highest BCUT2D eigenvalue weighted by molar-refractivity contribution is 4.89. The van der Waals surface area contributed by atoms with Gasteiger partial charge in [0.2, 0.25) is 0 Å². The van der Waals surface area contributed by atoms with Gasteiger partial charge in [0.05, 0.1) is 0 Å². The van der Waals surface area contributed by atoms with Crippen LogP contribution in [0.5, 0.6) is 0 Å². The molecule has 0 spiro atoms. The van der Waals surface area contributed by atoms with E-state index in [1.165, 1.54) is 51.7 Å². The van der Waals surface area contributed by atoms with Gasteiger partial charge in [-0.2, -0.15) is 0 Å². The van der Waals surface area contributed by atoms with E-state index in [0.717, 1.165) is 30.0 Å². The Morgan fingerprint density at radius 1 is 0.909 bits per heavy atom. The normalized spacial score (nSPS) is 29.3. The predicted octanol–water partition coefficient (Wildman–Crippen LogP) is 3.16. The largest absolute Gasteiger partial charge is 0.306 e. The molecule has 3 nitrogen and oxygen atoms in total. The van der Waals surface area contributed by atoms with Gasteiger partial charge >= 0.3 is 0 Å². The van der Waals surface area contributed by atoms with E-state index in [0.29, 0.717) is 0 Å². The maximum atomic E-state index is 2.61. The molecule has 0 aromatic rings. The van der Waals surface area contributed by atoms with Gasteiger partial charge in [-0.25, -0.2) is 0 Å². The summed E-state index contributed by atoms with van der Waals surface area (Å²) in [4.78, 5) is 7.61. The van der Waals surface area contributed by atoms with E-state index in [4.69, 9.17) is 0 Å². The highest BCUT2D eigenvalue weighted by Gasteiger charge is 2.32. The summed E-state index contributed by atoms with van der Waals surface area (Å²) in [5, 5.41) is 0. The van der Waals surface area contributed by atoms with Crippen molar-refractivity contribution in [3.8, 4) is 0 Å². The highest BCUT2D eigenvalue weighted by atomic mass is 15.3. The lowest BCUT2D eigenvalue weighted by atomic mass is 9.77. The summed E-state index contributed by atoms with van der Waals surface area (Å²) in [5.74, 6) is 1.87. The van der Waals surface area contributed by atoms with Crippen molar-refractivity contribution in [3.05, 3.63) is 0 Å². The molecule has 0 aromatic heterocycles. The highest BCUT2D eigenvalue weighted by Crippen LogP contribution is 2.33. The first kappa shape index (κ1) is 18.2. The SMILES string of the molecule is CC(CCN(C)C1CN(C(C)C)C1)C1CCC(N(C)C)CC1. The Labute approximate surface area is 139 Å². The number of hydrogen-bond acceptors (Lipinski definition) is 3. The maximum Gasteiger partial charge on any atom is 0.0347 e. The molecular weight excluding hydrogens is 270 g/mol. The molecule has 2 fully saturated rings. The second-order valence-electron chi connectivity index (χ2n) is 8.48. The lowest BCUT2D eigenvalue weighted by Crippen LogP contribution is -2.60. The Bertz CT molecular complexity index is 315. The van der Waals surface area contributed by atoms with E-state index in [9.17, 15) is 0 Å². The van der Waals surface area contributed by atoms with Crippen molar-refractivity contribution in [1.82, 2.24) is 14.7 Å². The quantitative estimate of drug-likeness (QED) is 0.715. The summed E-state index contributed by atoms with van der Waals surface area (Å²) in [5.41, 5.74) is 0.